The first-order valence-electron chi connectivity index (χ1n) is 4.32. The van der Waals surface area contributed by atoms with Crippen LogP contribution in [0.5, 0.6) is 0 Å². The van der Waals surface area contributed by atoms with Crippen molar-refractivity contribution in [2.24, 2.45) is 0 Å². The molecule has 0 unspecified atom stereocenters. The monoisotopic (exact) mass is 364 g/mol. The zero-order chi connectivity index (χ0) is 8.93. The Morgan fingerprint density at radius 1 is 0.538 bits per heavy atom. The van der Waals surface area contributed by atoms with E-state index in [0.717, 1.165) is 0 Å². The average molecular weight is 364 g/mol. The fraction of sp³-hybridized carbons (Fsp3) is 0. The maximum atomic E-state index is 2.25. The Morgan fingerprint density at radius 3 is 1.31 bits per heavy atom. The van der Waals surface area contributed by atoms with Gasteiger partial charge in [-0.15, -0.1) is 0 Å². The van der Waals surface area contributed by atoms with Gasteiger partial charge in [-0.25, -0.2) is 0 Å². The predicted molar refractivity (Wildman–Crippen MR) is 59.3 cm³/mol. The molecule has 0 atom stereocenters. The Kier molecular flexibility index (Phi) is 3.10. The molecule has 0 bridgehead atoms. The minimum absolute atomic E-state index is 0.740. The van der Waals surface area contributed by atoms with Crippen molar-refractivity contribution in [1.29, 1.82) is 0 Å². The summed E-state index contributed by atoms with van der Waals surface area (Å²) in [4.78, 5) is 0. The first kappa shape index (κ1) is 8.90. The summed E-state index contributed by atoms with van der Waals surface area (Å²) in [5.74, 6) is 0. The van der Waals surface area contributed by atoms with Crippen molar-refractivity contribution in [1.82, 2.24) is 0 Å². The molecule has 0 nitrogen and oxygen atoms in total. The van der Waals surface area contributed by atoms with Gasteiger partial charge in [-0.3, -0.25) is 0 Å². The second-order valence-electron chi connectivity index (χ2n) is 2.86. The topological polar surface area (TPSA) is 0 Å². The van der Waals surface area contributed by atoms with Crippen LogP contribution in [0.2, 0.25) is 0 Å². The third-order valence-corrected chi connectivity index (χ3v) is 6.67. The molecule has 0 aliphatic heterocycles. The van der Waals surface area contributed by atoms with Gasteiger partial charge < -0.3 is 0 Å². The normalized spacial score (nSPS) is 9.85. The molecule has 0 N–H and O–H groups in total. The first-order valence-corrected chi connectivity index (χ1v) is 8.21. The molecule has 2 aromatic carbocycles. The van der Waals surface area contributed by atoms with Crippen LogP contribution in [0.4, 0.5) is 0 Å². The van der Waals surface area contributed by atoms with Crippen molar-refractivity contribution >= 4 is 29.8 Å². The van der Waals surface area contributed by atoms with Gasteiger partial charge in [-0.1, -0.05) is 0 Å². The number of hydrogen-bond acceptors (Lipinski definition) is 0. The predicted octanol–water partition coefficient (Wildman–Crippen LogP) is 1.07. The van der Waals surface area contributed by atoms with Gasteiger partial charge in [0.25, 0.3) is 0 Å². The van der Waals surface area contributed by atoms with Crippen LogP contribution in [0.15, 0.2) is 60.7 Å². The third-order valence-electron chi connectivity index (χ3n) is 1.84. The van der Waals surface area contributed by atoms with Crippen molar-refractivity contribution in [3.8, 4) is 0 Å². The van der Waals surface area contributed by atoms with Crippen LogP contribution in [-0.4, -0.2) is 23.2 Å². The molecule has 0 aliphatic rings. The van der Waals surface area contributed by atoms with E-state index in [-0.39, 0.29) is 0 Å². The SMILES string of the molecule is c1cc[c]([BiH][c]2ccccc2)cc1. The van der Waals surface area contributed by atoms with Crippen molar-refractivity contribution in [2.75, 3.05) is 0 Å². The molecule has 0 fully saturated rings. The third kappa shape index (κ3) is 2.64. The molecule has 13 heavy (non-hydrogen) atoms. The van der Waals surface area contributed by atoms with Gasteiger partial charge in [0.05, 0.1) is 0 Å². The summed E-state index contributed by atoms with van der Waals surface area (Å²) in [5.41, 5.74) is 0. The Morgan fingerprint density at radius 2 is 0.923 bits per heavy atom. The van der Waals surface area contributed by atoms with Gasteiger partial charge >= 0.3 is 90.4 Å². The van der Waals surface area contributed by atoms with E-state index in [4.69, 9.17) is 0 Å². The van der Waals surface area contributed by atoms with Crippen LogP contribution < -0.4 is 6.54 Å². The molecule has 0 heterocycles. The average Bonchev–Trinajstić information content (AvgIpc) is 2.21. The Balaban J connectivity index is 2.16. The Bertz CT molecular complexity index is 316. The van der Waals surface area contributed by atoms with Crippen molar-refractivity contribution in [3.63, 3.8) is 0 Å². The van der Waals surface area contributed by atoms with Crippen LogP contribution in [0, 0.1) is 0 Å². The van der Waals surface area contributed by atoms with E-state index in [2.05, 4.69) is 60.7 Å². The molecule has 0 amide bonds. The fourth-order valence-electron chi connectivity index (χ4n) is 1.21. The van der Waals surface area contributed by atoms with Crippen LogP contribution in [0.25, 0.3) is 0 Å². The second-order valence-corrected chi connectivity index (χ2v) is 8.32. The molecule has 0 aliphatic carbocycles. The van der Waals surface area contributed by atoms with E-state index < -0.39 is 23.2 Å². The van der Waals surface area contributed by atoms with Crippen molar-refractivity contribution < 1.29 is 0 Å². The van der Waals surface area contributed by atoms with Gasteiger partial charge in [0.15, 0.2) is 0 Å². The summed E-state index contributed by atoms with van der Waals surface area (Å²) in [5, 5.41) is 0. The van der Waals surface area contributed by atoms with Gasteiger partial charge in [-0.05, 0) is 0 Å². The second kappa shape index (κ2) is 4.53. The molecule has 1 heteroatoms. The van der Waals surface area contributed by atoms with Crippen molar-refractivity contribution in [2.45, 2.75) is 0 Å². The summed E-state index contributed by atoms with van der Waals surface area (Å²) in [6.07, 6.45) is 0. The van der Waals surface area contributed by atoms with Crippen LogP contribution in [-0.2, 0) is 0 Å². The maximum absolute atomic E-state index is 2.25. The standard InChI is InChI=1S/2C6H5.Bi.H/c2*1-2-4-6-5-3-1;;/h2*1-5H;;. The van der Waals surface area contributed by atoms with Gasteiger partial charge in [0, 0.05) is 0 Å². The quantitative estimate of drug-likeness (QED) is 0.700. The van der Waals surface area contributed by atoms with Gasteiger partial charge in [0.2, 0.25) is 0 Å². The number of benzene rings is 2. The van der Waals surface area contributed by atoms with E-state index in [0.29, 0.717) is 0 Å². The number of rotatable bonds is 2. The van der Waals surface area contributed by atoms with E-state index in [1.807, 2.05) is 0 Å². The molecule has 2 aromatic rings. The van der Waals surface area contributed by atoms with E-state index >= 15 is 0 Å². The summed E-state index contributed by atoms with van der Waals surface area (Å²) in [6.45, 7) is 0. The molecule has 0 radical (unpaired) electrons. The van der Waals surface area contributed by atoms with E-state index in [1.165, 1.54) is 0 Å². The van der Waals surface area contributed by atoms with Crippen molar-refractivity contribution in [3.05, 3.63) is 60.7 Å². The van der Waals surface area contributed by atoms with Crippen LogP contribution >= 0.6 is 0 Å². The summed E-state index contributed by atoms with van der Waals surface area (Å²) in [7, 11) is 0. The Hall–Kier alpha value is -0.677. The number of hydrogen-bond donors (Lipinski definition) is 0. The zero-order valence-corrected chi connectivity index (χ0v) is 11.2. The van der Waals surface area contributed by atoms with E-state index in [1.54, 1.807) is 6.54 Å². The molecule has 0 aromatic heterocycles. The first-order chi connectivity index (χ1) is 6.45. The zero-order valence-electron chi connectivity index (χ0n) is 7.27. The molecule has 0 saturated heterocycles. The summed E-state index contributed by atoms with van der Waals surface area (Å²) >= 11 is -0.740. The molecule has 2 rings (SSSR count). The summed E-state index contributed by atoms with van der Waals surface area (Å²) < 4.78 is 3.13. The molecule has 0 spiro atoms. The molecular weight excluding hydrogens is 353 g/mol. The van der Waals surface area contributed by atoms with Crippen LogP contribution in [0.3, 0.4) is 0 Å². The summed E-state index contributed by atoms with van der Waals surface area (Å²) in [6, 6.07) is 21.7. The molecule has 0 saturated carbocycles. The van der Waals surface area contributed by atoms with E-state index in [9.17, 15) is 0 Å². The van der Waals surface area contributed by atoms with Crippen LogP contribution in [0.1, 0.15) is 0 Å². The van der Waals surface area contributed by atoms with Gasteiger partial charge in [-0.2, -0.15) is 0 Å². The fourth-order valence-corrected chi connectivity index (χ4v) is 5.30. The Labute approximate surface area is 90.2 Å². The minimum atomic E-state index is -0.740. The molecule has 64 valence electrons. The molecular formula is C12H11Bi. The van der Waals surface area contributed by atoms with Gasteiger partial charge in [0.1, 0.15) is 0 Å².